The van der Waals surface area contributed by atoms with E-state index < -0.39 is 0 Å². The lowest BCUT2D eigenvalue weighted by atomic mass is 10.1. The molecule has 2 heterocycles. The summed E-state index contributed by atoms with van der Waals surface area (Å²) in [5, 5.41) is 3.43. The molecule has 152 valence electrons. The number of fused-ring (bicyclic) bond motifs is 1. The molecule has 0 saturated heterocycles. The lowest BCUT2D eigenvalue weighted by Gasteiger charge is -2.10. The molecule has 30 heavy (non-hydrogen) atoms. The molecule has 0 bridgehead atoms. The summed E-state index contributed by atoms with van der Waals surface area (Å²) in [6.07, 6.45) is 1.80. The molecular weight excluding hydrogens is 396 g/mol. The summed E-state index contributed by atoms with van der Waals surface area (Å²) in [5.74, 6) is 0.0168. The molecule has 7 heteroatoms. The average Bonchev–Trinajstić information content (AvgIpc) is 3.16. The maximum Gasteiger partial charge on any atom is 0.278 e. The lowest BCUT2D eigenvalue weighted by Crippen LogP contribution is -2.21. The highest BCUT2D eigenvalue weighted by Crippen LogP contribution is 2.27. The number of aromatic amines is 1. The number of nitrogens with one attached hydrogen (secondary N) is 2. The van der Waals surface area contributed by atoms with Crippen molar-refractivity contribution < 1.29 is 4.79 Å². The van der Waals surface area contributed by atoms with Crippen molar-refractivity contribution in [3.63, 3.8) is 0 Å². The second kappa shape index (κ2) is 8.20. The summed E-state index contributed by atoms with van der Waals surface area (Å²) in [6.45, 7) is 3.98. The van der Waals surface area contributed by atoms with Crippen LogP contribution in [0, 0.1) is 13.8 Å². The highest BCUT2D eigenvalue weighted by Gasteiger charge is 2.16. The Hall–Kier alpha value is -3.32. The zero-order valence-corrected chi connectivity index (χ0v) is 17.8. The molecule has 4 rings (SSSR count). The van der Waals surface area contributed by atoms with Crippen LogP contribution in [-0.4, -0.2) is 26.2 Å². The minimum atomic E-state index is -0.167. The van der Waals surface area contributed by atoms with Crippen molar-refractivity contribution in [3.05, 3.63) is 76.2 Å². The summed E-state index contributed by atoms with van der Waals surface area (Å²) in [4.78, 5) is 33.0. The van der Waals surface area contributed by atoms with E-state index in [1.165, 1.54) is 16.3 Å². The predicted molar refractivity (Wildman–Crippen MR) is 122 cm³/mol. The van der Waals surface area contributed by atoms with Gasteiger partial charge < -0.3 is 10.3 Å². The Labute approximate surface area is 178 Å². The lowest BCUT2D eigenvalue weighted by molar-refractivity contribution is -0.113. The number of hydrogen-bond donors (Lipinski definition) is 2. The fourth-order valence-corrected chi connectivity index (χ4v) is 4.12. The zero-order chi connectivity index (χ0) is 21.3. The van der Waals surface area contributed by atoms with Crippen molar-refractivity contribution in [2.24, 2.45) is 7.05 Å². The van der Waals surface area contributed by atoms with Crippen LogP contribution in [0.15, 0.2) is 64.7 Å². The monoisotopic (exact) mass is 418 g/mol. The molecule has 0 aliphatic carbocycles. The van der Waals surface area contributed by atoms with Crippen LogP contribution in [0.3, 0.4) is 0 Å². The number of aryl methyl sites for hydroxylation is 2. The molecule has 6 nitrogen and oxygen atoms in total. The Bertz CT molecular complexity index is 1290. The van der Waals surface area contributed by atoms with Gasteiger partial charge in [0.05, 0.1) is 5.75 Å². The number of carbonyl (C=O) groups excluding carboxylic acids is 1. The number of H-pyrrole nitrogens is 1. The highest BCUT2D eigenvalue weighted by atomic mass is 32.2. The van der Waals surface area contributed by atoms with E-state index in [2.05, 4.69) is 10.3 Å². The molecule has 0 aliphatic rings. The molecule has 0 unspecified atom stereocenters. The predicted octanol–water partition coefficient (Wildman–Crippen LogP) is 4.28. The van der Waals surface area contributed by atoms with Crippen LogP contribution in [0.2, 0.25) is 0 Å². The third-order valence-corrected chi connectivity index (χ3v) is 5.97. The summed E-state index contributed by atoms with van der Waals surface area (Å²) in [7, 11) is 1.67. The highest BCUT2D eigenvalue weighted by molar-refractivity contribution is 7.99. The van der Waals surface area contributed by atoms with Gasteiger partial charge in [-0.1, -0.05) is 59.8 Å². The number of benzene rings is 2. The van der Waals surface area contributed by atoms with Gasteiger partial charge >= 0.3 is 0 Å². The zero-order valence-electron chi connectivity index (χ0n) is 17.0. The van der Waals surface area contributed by atoms with Crippen LogP contribution in [0.4, 0.5) is 5.69 Å². The van der Waals surface area contributed by atoms with Gasteiger partial charge in [-0.05, 0) is 31.0 Å². The first kappa shape index (κ1) is 20.0. The summed E-state index contributed by atoms with van der Waals surface area (Å²) >= 11 is 1.25. The Morgan fingerprint density at radius 3 is 2.67 bits per heavy atom. The van der Waals surface area contributed by atoms with Gasteiger partial charge in [0, 0.05) is 24.5 Å². The summed E-state index contributed by atoms with van der Waals surface area (Å²) in [6, 6.07) is 15.7. The number of aromatic nitrogens is 3. The molecule has 2 N–H and O–H groups in total. The fourth-order valence-electron chi connectivity index (χ4n) is 3.36. The second-order valence-corrected chi connectivity index (χ2v) is 8.15. The number of rotatable bonds is 5. The first-order valence-electron chi connectivity index (χ1n) is 9.57. The molecule has 0 spiro atoms. The van der Waals surface area contributed by atoms with E-state index in [-0.39, 0.29) is 17.2 Å². The second-order valence-electron chi connectivity index (χ2n) is 7.21. The van der Waals surface area contributed by atoms with Gasteiger partial charge in [-0.2, -0.15) is 0 Å². The van der Waals surface area contributed by atoms with Crippen LogP contribution < -0.4 is 10.9 Å². The van der Waals surface area contributed by atoms with E-state index in [9.17, 15) is 9.59 Å². The number of carbonyl (C=O) groups is 1. The fraction of sp³-hybridized carbons (Fsp3) is 0.174. The third-order valence-electron chi connectivity index (χ3n) is 4.94. The van der Waals surface area contributed by atoms with E-state index in [0.717, 1.165) is 27.9 Å². The van der Waals surface area contributed by atoms with E-state index in [1.54, 1.807) is 13.2 Å². The standard InChI is InChI=1S/C23H22N4O2S/c1-14-9-10-18(15(2)11-14)25-19(28)13-30-23-26-20-17(16-7-5-4-6-8-16)12-24-21(20)22(29)27(23)3/h4-12,24H,13H2,1-3H3,(H,25,28). The van der Waals surface area contributed by atoms with Crippen molar-refractivity contribution in [3.8, 4) is 11.1 Å². The molecule has 0 saturated carbocycles. The summed E-state index contributed by atoms with van der Waals surface area (Å²) in [5.41, 5.74) is 5.70. The summed E-state index contributed by atoms with van der Waals surface area (Å²) < 4.78 is 1.47. The molecule has 2 aromatic carbocycles. The first-order chi connectivity index (χ1) is 14.4. The van der Waals surface area contributed by atoms with Crippen LogP contribution in [0.25, 0.3) is 22.2 Å². The normalized spacial score (nSPS) is 11.0. The van der Waals surface area contributed by atoms with Crippen molar-refractivity contribution in [1.29, 1.82) is 0 Å². The van der Waals surface area contributed by atoms with E-state index in [0.29, 0.717) is 16.2 Å². The molecule has 0 fully saturated rings. The van der Waals surface area contributed by atoms with Crippen molar-refractivity contribution >= 4 is 34.4 Å². The van der Waals surface area contributed by atoms with Gasteiger partial charge in [-0.15, -0.1) is 0 Å². The Morgan fingerprint density at radius 1 is 1.17 bits per heavy atom. The van der Waals surface area contributed by atoms with E-state index >= 15 is 0 Å². The third kappa shape index (κ3) is 3.89. The molecule has 0 aliphatic heterocycles. The van der Waals surface area contributed by atoms with Gasteiger partial charge in [-0.3, -0.25) is 14.2 Å². The van der Waals surface area contributed by atoms with Crippen molar-refractivity contribution in [1.82, 2.24) is 14.5 Å². The maximum absolute atomic E-state index is 12.8. The molecule has 4 aromatic rings. The average molecular weight is 419 g/mol. The molecule has 0 atom stereocenters. The molecule has 2 aromatic heterocycles. The maximum atomic E-state index is 12.8. The SMILES string of the molecule is Cc1ccc(NC(=O)CSc2nc3c(-c4ccccc4)c[nH]c3c(=O)n2C)c(C)c1. The minimum Gasteiger partial charge on any atom is -0.355 e. The largest absolute Gasteiger partial charge is 0.355 e. The van der Waals surface area contributed by atoms with Crippen molar-refractivity contribution in [2.75, 3.05) is 11.1 Å². The van der Waals surface area contributed by atoms with Crippen LogP contribution in [0.5, 0.6) is 0 Å². The molecule has 1 amide bonds. The number of nitrogens with zero attached hydrogens (tertiary/aromatic N) is 2. The molecule has 0 radical (unpaired) electrons. The van der Waals surface area contributed by atoms with Gasteiger partial charge in [0.15, 0.2) is 5.16 Å². The Kier molecular flexibility index (Phi) is 5.46. The quantitative estimate of drug-likeness (QED) is 0.375. The smallest absolute Gasteiger partial charge is 0.278 e. The van der Waals surface area contributed by atoms with Crippen LogP contribution >= 0.6 is 11.8 Å². The van der Waals surface area contributed by atoms with Gasteiger partial charge in [0.25, 0.3) is 5.56 Å². The van der Waals surface area contributed by atoms with Gasteiger partial charge in [0.2, 0.25) is 5.91 Å². The number of amides is 1. The van der Waals surface area contributed by atoms with E-state index in [4.69, 9.17) is 4.98 Å². The number of thioether (sulfide) groups is 1. The Morgan fingerprint density at radius 2 is 1.93 bits per heavy atom. The van der Waals surface area contributed by atoms with Crippen molar-refractivity contribution in [2.45, 2.75) is 19.0 Å². The first-order valence-corrected chi connectivity index (χ1v) is 10.6. The van der Waals surface area contributed by atoms with Crippen LogP contribution in [0.1, 0.15) is 11.1 Å². The van der Waals surface area contributed by atoms with Gasteiger partial charge in [0.1, 0.15) is 11.0 Å². The van der Waals surface area contributed by atoms with Crippen LogP contribution in [-0.2, 0) is 11.8 Å². The Balaban J connectivity index is 1.59. The van der Waals surface area contributed by atoms with E-state index in [1.807, 2.05) is 62.4 Å². The minimum absolute atomic E-state index is 0.140. The number of anilines is 1. The number of hydrogen-bond acceptors (Lipinski definition) is 4. The van der Waals surface area contributed by atoms with Gasteiger partial charge in [-0.25, -0.2) is 4.98 Å². The molecular formula is C23H22N4O2S. The topological polar surface area (TPSA) is 79.8 Å².